The van der Waals surface area contributed by atoms with E-state index in [-0.39, 0.29) is 11.6 Å². The highest BCUT2D eigenvalue weighted by atomic mass is 16.1. The van der Waals surface area contributed by atoms with E-state index >= 15 is 0 Å². The lowest BCUT2D eigenvalue weighted by Crippen LogP contribution is -2.15. The molecule has 0 atom stereocenters. The highest BCUT2D eigenvalue weighted by Crippen LogP contribution is 2.13. The number of pyridine rings is 1. The topological polar surface area (TPSA) is 73.8 Å². The first kappa shape index (κ1) is 9.64. The number of rotatable bonds is 1. The predicted octanol–water partition coefficient (Wildman–Crippen LogP) is 0.955. The molecular formula is C10H12N4O. The van der Waals surface area contributed by atoms with Gasteiger partial charge < -0.3 is 10.3 Å². The van der Waals surface area contributed by atoms with Crippen molar-refractivity contribution in [1.29, 1.82) is 0 Å². The molecule has 78 valence electrons. The van der Waals surface area contributed by atoms with Crippen LogP contribution in [-0.2, 0) is 0 Å². The van der Waals surface area contributed by atoms with E-state index in [0.29, 0.717) is 16.7 Å². The number of nitrogen functional groups attached to an aromatic ring is 1. The van der Waals surface area contributed by atoms with Crippen LogP contribution in [0.2, 0.25) is 0 Å². The number of aromatic nitrogens is 3. The third-order valence-electron chi connectivity index (χ3n) is 2.22. The summed E-state index contributed by atoms with van der Waals surface area (Å²) >= 11 is 0. The maximum absolute atomic E-state index is 11.5. The number of fused-ring (bicyclic) bond motifs is 1. The van der Waals surface area contributed by atoms with Crippen LogP contribution in [0.5, 0.6) is 0 Å². The maximum Gasteiger partial charge on any atom is 0.282 e. The van der Waals surface area contributed by atoms with Crippen LogP contribution in [0.25, 0.3) is 11.0 Å². The minimum atomic E-state index is -0.290. The van der Waals surface area contributed by atoms with Gasteiger partial charge in [0.15, 0.2) is 0 Å². The quantitative estimate of drug-likeness (QED) is 0.750. The van der Waals surface area contributed by atoms with Gasteiger partial charge >= 0.3 is 0 Å². The third kappa shape index (κ3) is 1.56. The minimum absolute atomic E-state index is 0.205. The van der Waals surface area contributed by atoms with Crippen molar-refractivity contribution >= 4 is 16.7 Å². The normalized spacial score (nSPS) is 11.1. The molecule has 0 bridgehead atoms. The van der Waals surface area contributed by atoms with Gasteiger partial charge in [0.05, 0.1) is 17.3 Å². The molecule has 0 aliphatic heterocycles. The molecule has 0 aromatic carbocycles. The third-order valence-corrected chi connectivity index (χ3v) is 2.22. The summed E-state index contributed by atoms with van der Waals surface area (Å²) in [6.45, 7) is 4.01. The molecule has 5 heteroatoms. The molecule has 15 heavy (non-hydrogen) atoms. The van der Waals surface area contributed by atoms with Crippen molar-refractivity contribution in [2.75, 3.05) is 5.73 Å². The van der Waals surface area contributed by atoms with Crippen molar-refractivity contribution in [2.24, 2.45) is 0 Å². The number of hydrogen-bond acceptors (Lipinski definition) is 4. The van der Waals surface area contributed by atoms with Crippen LogP contribution in [0.1, 0.15) is 19.9 Å². The molecule has 0 fully saturated rings. The van der Waals surface area contributed by atoms with Gasteiger partial charge in [-0.2, -0.15) is 4.98 Å². The monoisotopic (exact) mass is 204 g/mol. The molecule has 2 aromatic rings. The van der Waals surface area contributed by atoms with Gasteiger partial charge in [0.2, 0.25) is 0 Å². The second-order valence-electron chi connectivity index (χ2n) is 3.69. The Morgan fingerprint density at radius 3 is 2.80 bits per heavy atom. The first-order valence-corrected chi connectivity index (χ1v) is 4.72. The molecule has 5 nitrogen and oxygen atoms in total. The summed E-state index contributed by atoms with van der Waals surface area (Å²) in [7, 11) is 0. The summed E-state index contributed by atoms with van der Waals surface area (Å²) in [5.41, 5.74) is 6.39. The lowest BCUT2D eigenvalue weighted by molar-refractivity contribution is 0.601. The largest absolute Gasteiger partial charge is 0.397 e. The van der Waals surface area contributed by atoms with E-state index in [2.05, 4.69) is 9.97 Å². The average Bonchev–Trinajstić information content (AvgIpc) is 2.19. The summed E-state index contributed by atoms with van der Waals surface area (Å²) in [5, 5.41) is 0.464. The molecule has 2 aromatic heterocycles. The number of anilines is 1. The Labute approximate surface area is 86.6 Å². The van der Waals surface area contributed by atoms with Gasteiger partial charge in [-0.1, -0.05) is 0 Å². The van der Waals surface area contributed by atoms with E-state index in [4.69, 9.17) is 5.73 Å². The Morgan fingerprint density at radius 2 is 2.13 bits per heavy atom. The van der Waals surface area contributed by atoms with Crippen LogP contribution in [0.3, 0.4) is 0 Å². The zero-order valence-electron chi connectivity index (χ0n) is 8.64. The van der Waals surface area contributed by atoms with Crippen molar-refractivity contribution in [3.63, 3.8) is 0 Å². The lowest BCUT2D eigenvalue weighted by Gasteiger charge is -2.12. The Kier molecular flexibility index (Phi) is 2.15. The van der Waals surface area contributed by atoms with Crippen molar-refractivity contribution < 1.29 is 0 Å². The predicted molar refractivity (Wildman–Crippen MR) is 58.6 cm³/mol. The molecule has 0 saturated heterocycles. The molecule has 0 aliphatic rings. The second kappa shape index (κ2) is 3.34. The summed E-state index contributed by atoms with van der Waals surface area (Å²) < 4.78 is 1.84. The van der Waals surface area contributed by atoms with Crippen molar-refractivity contribution in [3.8, 4) is 0 Å². The Morgan fingerprint density at radius 1 is 1.40 bits per heavy atom. The van der Waals surface area contributed by atoms with Gasteiger partial charge in [0.1, 0.15) is 12.0 Å². The van der Waals surface area contributed by atoms with Gasteiger partial charge in [-0.3, -0.25) is 4.79 Å². The van der Waals surface area contributed by atoms with Crippen LogP contribution < -0.4 is 11.3 Å². The zero-order valence-corrected chi connectivity index (χ0v) is 8.64. The highest BCUT2D eigenvalue weighted by Gasteiger charge is 2.07. The van der Waals surface area contributed by atoms with Gasteiger partial charge in [0.25, 0.3) is 5.56 Å². The SMILES string of the molecule is CC(C)n1cnc(=O)c2cc(N)cnc21. The molecule has 0 amide bonds. The fourth-order valence-corrected chi connectivity index (χ4v) is 1.45. The fraction of sp³-hybridized carbons (Fsp3) is 0.300. The van der Waals surface area contributed by atoms with E-state index in [1.54, 1.807) is 12.3 Å². The highest BCUT2D eigenvalue weighted by molar-refractivity contribution is 5.77. The number of nitrogens with two attached hydrogens (primary N) is 1. The molecular weight excluding hydrogens is 192 g/mol. The molecule has 0 spiro atoms. The lowest BCUT2D eigenvalue weighted by atomic mass is 10.3. The van der Waals surface area contributed by atoms with Crippen LogP contribution >= 0.6 is 0 Å². The molecule has 2 rings (SSSR count). The van der Waals surface area contributed by atoms with Gasteiger partial charge in [0, 0.05) is 6.04 Å². The van der Waals surface area contributed by atoms with E-state index in [1.165, 1.54) is 6.33 Å². The smallest absolute Gasteiger partial charge is 0.282 e. The Balaban J connectivity index is 2.89. The van der Waals surface area contributed by atoms with E-state index < -0.39 is 0 Å². The summed E-state index contributed by atoms with van der Waals surface area (Å²) in [6, 6.07) is 1.81. The second-order valence-corrected chi connectivity index (χ2v) is 3.69. The molecule has 2 N–H and O–H groups in total. The van der Waals surface area contributed by atoms with Gasteiger partial charge in [-0.15, -0.1) is 0 Å². The van der Waals surface area contributed by atoms with Crippen LogP contribution in [0.4, 0.5) is 5.69 Å². The Hall–Kier alpha value is -1.91. The van der Waals surface area contributed by atoms with Crippen molar-refractivity contribution in [1.82, 2.24) is 14.5 Å². The Bertz CT molecular complexity index is 559. The molecule has 0 radical (unpaired) electrons. The molecule has 2 heterocycles. The van der Waals surface area contributed by atoms with Gasteiger partial charge in [-0.25, -0.2) is 4.98 Å². The zero-order chi connectivity index (χ0) is 11.0. The summed E-state index contributed by atoms with van der Waals surface area (Å²) in [6.07, 6.45) is 3.05. The van der Waals surface area contributed by atoms with E-state index in [1.807, 2.05) is 18.4 Å². The minimum Gasteiger partial charge on any atom is -0.397 e. The standard InChI is InChI=1S/C10H12N4O/c1-6(2)14-5-13-10(15)8-3-7(11)4-12-9(8)14/h3-6H,11H2,1-2H3. The van der Waals surface area contributed by atoms with Gasteiger partial charge in [-0.05, 0) is 19.9 Å². The molecule has 0 saturated carbocycles. The summed E-state index contributed by atoms with van der Waals surface area (Å²) in [5.74, 6) is 0. The molecule has 0 unspecified atom stereocenters. The first-order chi connectivity index (χ1) is 7.09. The van der Waals surface area contributed by atoms with Crippen molar-refractivity contribution in [2.45, 2.75) is 19.9 Å². The van der Waals surface area contributed by atoms with Crippen LogP contribution in [-0.4, -0.2) is 14.5 Å². The number of hydrogen-bond donors (Lipinski definition) is 1. The number of nitrogens with zero attached hydrogens (tertiary/aromatic N) is 3. The van der Waals surface area contributed by atoms with Crippen LogP contribution in [0, 0.1) is 0 Å². The van der Waals surface area contributed by atoms with Crippen LogP contribution in [0.15, 0.2) is 23.4 Å². The average molecular weight is 204 g/mol. The van der Waals surface area contributed by atoms with Crippen molar-refractivity contribution in [3.05, 3.63) is 28.9 Å². The molecule has 0 aliphatic carbocycles. The fourth-order valence-electron chi connectivity index (χ4n) is 1.45. The van der Waals surface area contributed by atoms with E-state index in [0.717, 1.165) is 0 Å². The first-order valence-electron chi connectivity index (χ1n) is 4.72. The summed E-state index contributed by atoms with van der Waals surface area (Å²) in [4.78, 5) is 19.4. The maximum atomic E-state index is 11.5. The van der Waals surface area contributed by atoms with E-state index in [9.17, 15) is 4.79 Å².